The molecule has 2 rings (SSSR count). The highest BCUT2D eigenvalue weighted by Gasteiger charge is 2.35. The molecule has 2 fully saturated rings. The van der Waals surface area contributed by atoms with Gasteiger partial charge < -0.3 is 5.73 Å². The van der Waals surface area contributed by atoms with Crippen LogP contribution in [0.3, 0.4) is 0 Å². The van der Waals surface area contributed by atoms with Gasteiger partial charge in [0.05, 0.1) is 0 Å². The molecule has 1 aliphatic heterocycles. The first kappa shape index (κ1) is 11.4. The van der Waals surface area contributed by atoms with Crippen LogP contribution in [0.1, 0.15) is 52.4 Å². The molecular formula is C13H26N2. The summed E-state index contributed by atoms with van der Waals surface area (Å²) in [4.78, 5) is 2.74. The predicted octanol–water partition coefficient (Wildman–Crippen LogP) is 2.38. The van der Waals surface area contributed by atoms with Crippen LogP contribution in [0.25, 0.3) is 0 Å². The fraction of sp³-hybridized carbons (Fsp3) is 1.00. The molecular weight excluding hydrogens is 184 g/mol. The van der Waals surface area contributed by atoms with Crippen LogP contribution in [0.15, 0.2) is 0 Å². The lowest BCUT2D eigenvalue weighted by Gasteiger charge is -2.43. The Labute approximate surface area is 94.2 Å². The summed E-state index contributed by atoms with van der Waals surface area (Å²) in [6.45, 7) is 5.90. The Hall–Kier alpha value is -0.0800. The zero-order chi connectivity index (χ0) is 10.8. The molecule has 1 aliphatic carbocycles. The van der Waals surface area contributed by atoms with Gasteiger partial charge in [-0.25, -0.2) is 0 Å². The summed E-state index contributed by atoms with van der Waals surface area (Å²) >= 11 is 0. The fourth-order valence-corrected chi connectivity index (χ4v) is 3.57. The zero-order valence-electron chi connectivity index (χ0n) is 10.3. The van der Waals surface area contributed by atoms with Crippen LogP contribution in [0.5, 0.6) is 0 Å². The summed E-state index contributed by atoms with van der Waals surface area (Å²) in [5.74, 6) is 0.893. The summed E-state index contributed by atoms with van der Waals surface area (Å²) in [6.07, 6.45) is 8.34. The second-order valence-corrected chi connectivity index (χ2v) is 5.64. The smallest absolute Gasteiger partial charge is 0.0247 e. The van der Waals surface area contributed by atoms with Gasteiger partial charge in [-0.1, -0.05) is 19.8 Å². The van der Waals surface area contributed by atoms with Crippen LogP contribution in [-0.2, 0) is 0 Å². The van der Waals surface area contributed by atoms with Crippen LogP contribution in [0.4, 0.5) is 0 Å². The summed E-state index contributed by atoms with van der Waals surface area (Å²) in [6, 6.07) is 1.84. The minimum absolute atomic E-state index is 0.345. The van der Waals surface area contributed by atoms with Gasteiger partial charge in [0, 0.05) is 18.1 Å². The Morgan fingerprint density at radius 1 is 1.13 bits per heavy atom. The Morgan fingerprint density at radius 2 is 1.93 bits per heavy atom. The van der Waals surface area contributed by atoms with Crippen LogP contribution >= 0.6 is 0 Å². The maximum Gasteiger partial charge on any atom is 0.0247 e. The van der Waals surface area contributed by atoms with Crippen LogP contribution < -0.4 is 5.73 Å². The van der Waals surface area contributed by atoms with Gasteiger partial charge in [0.2, 0.25) is 0 Å². The van der Waals surface area contributed by atoms with Gasteiger partial charge in [-0.05, 0) is 45.1 Å². The van der Waals surface area contributed by atoms with Gasteiger partial charge in [0.1, 0.15) is 0 Å². The molecule has 2 aliphatic rings. The number of likely N-dealkylation sites (tertiary alicyclic amines) is 1. The summed E-state index contributed by atoms with van der Waals surface area (Å²) in [5, 5.41) is 0. The highest BCUT2D eigenvalue weighted by Crippen LogP contribution is 2.34. The maximum absolute atomic E-state index is 6.13. The Morgan fingerprint density at radius 3 is 2.53 bits per heavy atom. The second-order valence-electron chi connectivity index (χ2n) is 5.64. The molecule has 2 nitrogen and oxygen atoms in total. The monoisotopic (exact) mass is 210 g/mol. The Bertz CT molecular complexity index is 201. The van der Waals surface area contributed by atoms with Gasteiger partial charge in [0.25, 0.3) is 0 Å². The van der Waals surface area contributed by atoms with Gasteiger partial charge in [-0.2, -0.15) is 0 Å². The first-order valence-corrected chi connectivity index (χ1v) is 6.71. The third kappa shape index (κ3) is 2.36. The topological polar surface area (TPSA) is 29.3 Å². The predicted molar refractivity (Wildman–Crippen MR) is 64.8 cm³/mol. The normalized spacial score (nSPS) is 40.6. The van der Waals surface area contributed by atoms with E-state index < -0.39 is 0 Å². The van der Waals surface area contributed by atoms with Crippen LogP contribution in [-0.4, -0.2) is 29.6 Å². The maximum atomic E-state index is 6.13. The molecule has 1 heterocycles. The number of hydrogen-bond donors (Lipinski definition) is 1. The van der Waals surface area contributed by atoms with E-state index in [4.69, 9.17) is 5.73 Å². The number of nitrogens with two attached hydrogens (primary N) is 1. The molecule has 0 radical (unpaired) electrons. The van der Waals surface area contributed by atoms with Crippen molar-refractivity contribution in [2.45, 2.75) is 70.5 Å². The van der Waals surface area contributed by atoms with Gasteiger partial charge in [0.15, 0.2) is 0 Å². The standard InChI is InChI=1S/C13H26N2/c1-10-6-5-8-12(10)15-9-4-3-7-13(15)11(2)14/h10-13H,3-9,14H2,1-2H3. The zero-order valence-corrected chi connectivity index (χ0v) is 10.3. The van der Waals surface area contributed by atoms with E-state index >= 15 is 0 Å². The minimum atomic E-state index is 0.345. The number of nitrogens with zero attached hydrogens (tertiary/aromatic N) is 1. The van der Waals surface area contributed by atoms with Gasteiger partial charge in [-0.15, -0.1) is 0 Å². The minimum Gasteiger partial charge on any atom is -0.327 e. The highest BCUT2D eigenvalue weighted by atomic mass is 15.2. The van der Waals surface area contributed by atoms with E-state index in [1.807, 2.05) is 0 Å². The van der Waals surface area contributed by atoms with Crippen molar-refractivity contribution in [2.24, 2.45) is 11.7 Å². The number of rotatable bonds is 2. The average Bonchev–Trinajstić information content (AvgIpc) is 2.64. The molecule has 88 valence electrons. The quantitative estimate of drug-likeness (QED) is 0.758. The molecule has 1 saturated carbocycles. The molecule has 0 aromatic rings. The molecule has 4 atom stereocenters. The molecule has 0 aromatic carbocycles. The lowest BCUT2D eigenvalue weighted by molar-refractivity contribution is 0.0654. The molecule has 0 aromatic heterocycles. The molecule has 1 saturated heterocycles. The average molecular weight is 210 g/mol. The summed E-state index contributed by atoms with van der Waals surface area (Å²) in [5.41, 5.74) is 6.13. The van der Waals surface area contributed by atoms with E-state index in [-0.39, 0.29) is 0 Å². The summed E-state index contributed by atoms with van der Waals surface area (Å²) < 4.78 is 0. The summed E-state index contributed by atoms with van der Waals surface area (Å²) in [7, 11) is 0. The van der Waals surface area contributed by atoms with E-state index in [9.17, 15) is 0 Å². The molecule has 0 spiro atoms. The molecule has 0 amide bonds. The largest absolute Gasteiger partial charge is 0.327 e. The SMILES string of the molecule is CC(N)C1CCCCN1C1CCCC1C. The van der Waals surface area contributed by atoms with E-state index in [0.717, 1.165) is 12.0 Å². The van der Waals surface area contributed by atoms with Gasteiger partial charge in [-0.3, -0.25) is 4.90 Å². The van der Waals surface area contributed by atoms with Crippen molar-refractivity contribution in [1.82, 2.24) is 4.90 Å². The van der Waals surface area contributed by atoms with Crippen molar-refractivity contribution in [3.8, 4) is 0 Å². The van der Waals surface area contributed by atoms with Crippen molar-refractivity contribution in [2.75, 3.05) is 6.54 Å². The molecule has 2 N–H and O–H groups in total. The molecule has 15 heavy (non-hydrogen) atoms. The van der Waals surface area contributed by atoms with E-state index in [1.54, 1.807) is 0 Å². The highest BCUT2D eigenvalue weighted by molar-refractivity contribution is 4.91. The number of piperidine rings is 1. The van der Waals surface area contributed by atoms with Crippen molar-refractivity contribution in [3.05, 3.63) is 0 Å². The lowest BCUT2D eigenvalue weighted by atomic mass is 9.92. The fourth-order valence-electron chi connectivity index (χ4n) is 3.57. The second kappa shape index (κ2) is 4.84. The Balaban J connectivity index is 2.03. The van der Waals surface area contributed by atoms with Crippen LogP contribution in [0.2, 0.25) is 0 Å². The van der Waals surface area contributed by atoms with Crippen molar-refractivity contribution < 1.29 is 0 Å². The molecule has 0 bridgehead atoms. The first-order valence-electron chi connectivity index (χ1n) is 6.71. The number of hydrogen-bond acceptors (Lipinski definition) is 2. The third-order valence-corrected chi connectivity index (χ3v) is 4.44. The third-order valence-electron chi connectivity index (χ3n) is 4.44. The van der Waals surface area contributed by atoms with Gasteiger partial charge >= 0.3 is 0 Å². The van der Waals surface area contributed by atoms with Crippen molar-refractivity contribution >= 4 is 0 Å². The van der Waals surface area contributed by atoms with Crippen LogP contribution in [0, 0.1) is 5.92 Å². The Kier molecular flexibility index (Phi) is 3.68. The first-order chi connectivity index (χ1) is 7.20. The van der Waals surface area contributed by atoms with E-state index in [0.29, 0.717) is 12.1 Å². The van der Waals surface area contributed by atoms with E-state index in [2.05, 4.69) is 18.7 Å². The lowest BCUT2D eigenvalue weighted by Crippen LogP contribution is -2.54. The molecule has 4 unspecified atom stereocenters. The van der Waals surface area contributed by atoms with Crippen molar-refractivity contribution in [1.29, 1.82) is 0 Å². The van der Waals surface area contributed by atoms with E-state index in [1.165, 1.54) is 45.1 Å². The molecule has 2 heteroatoms. The van der Waals surface area contributed by atoms with Crippen molar-refractivity contribution in [3.63, 3.8) is 0 Å².